The molecule has 0 saturated carbocycles. The summed E-state index contributed by atoms with van der Waals surface area (Å²) in [6.45, 7) is 1.99. The SMILES string of the molecule is Cc1cccc(NC(=S)C(=C([O-])c2ccc(Cl)cc2Cl)[n+]2ccccc2)c1. The van der Waals surface area contributed by atoms with Crippen molar-refractivity contribution in [1.82, 2.24) is 0 Å². The Labute approximate surface area is 173 Å². The van der Waals surface area contributed by atoms with E-state index in [1.165, 1.54) is 0 Å². The molecule has 0 spiro atoms. The number of benzene rings is 2. The van der Waals surface area contributed by atoms with Crippen LogP contribution in [-0.4, -0.2) is 4.99 Å². The molecule has 6 heteroatoms. The second-order valence-electron chi connectivity index (χ2n) is 5.91. The Morgan fingerprint density at radius 3 is 2.41 bits per heavy atom. The number of rotatable bonds is 4. The Morgan fingerprint density at radius 1 is 1.00 bits per heavy atom. The van der Waals surface area contributed by atoms with Gasteiger partial charge in [0.2, 0.25) is 5.70 Å². The number of nitrogens with zero attached hydrogens (tertiary/aromatic N) is 1. The van der Waals surface area contributed by atoms with E-state index in [1.807, 2.05) is 49.4 Å². The number of aromatic nitrogens is 1. The maximum atomic E-state index is 13.3. The first-order valence-electron chi connectivity index (χ1n) is 8.17. The molecule has 0 saturated heterocycles. The number of nitrogens with one attached hydrogen (secondary N) is 1. The van der Waals surface area contributed by atoms with Crippen LogP contribution in [0.2, 0.25) is 10.0 Å². The van der Waals surface area contributed by atoms with Gasteiger partial charge in [-0.2, -0.15) is 4.57 Å². The third-order valence-corrected chi connectivity index (χ3v) is 4.70. The summed E-state index contributed by atoms with van der Waals surface area (Å²) in [6, 6.07) is 18.1. The van der Waals surface area contributed by atoms with Gasteiger partial charge in [-0.25, -0.2) is 0 Å². The lowest BCUT2D eigenvalue weighted by molar-refractivity contribution is -0.577. The van der Waals surface area contributed by atoms with Crippen molar-refractivity contribution in [1.29, 1.82) is 0 Å². The zero-order chi connectivity index (χ0) is 19.4. The van der Waals surface area contributed by atoms with Crippen LogP contribution in [0.15, 0.2) is 73.1 Å². The third kappa shape index (κ3) is 4.66. The van der Waals surface area contributed by atoms with E-state index in [4.69, 9.17) is 35.4 Å². The predicted octanol–water partition coefficient (Wildman–Crippen LogP) is 4.71. The molecule has 0 aliphatic rings. The quantitative estimate of drug-likeness (QED) is 0.290. The van der Waals surface area contributed by atoms with Gasteiger partial charge in [0.05, 0.1) is 0 Å². The minimum Gasteiger partial charge on any atom is -0.867 e. The van der Waals surface area contributed by atoms with Crippen LogP contribution >= 0.6 is 35.4 Å². The average molecular weight is 415 g/mol. The summed E-state index contributed by atoms with van der Waals surface area (Å²) < 4.78 is 1.68. The van der Waals surface area contributed by atoms with Crippen LogP contribution < -0.4 is 15.0 Å². The fourth-order valence-corrected chi connectivity index (χ4v) is 3.41. The van der Waals surface area contributed by atoms with Crippen LogP contribution in [0.5, 0.6) is 0 Å². The van der Waals surface area contributed by atoms with Crippen LogP contribution in [0.25, 0.3) is 11.5 Å². The molecule has 136 valence electrons. The number of aryl methyl sites for hydroxylation is 1. The lowest BCUT2D eigenvalue weighted by Crippen LogP contribution is -2.39. The molecule has 3 aromatic rings. The Kier molecular flexibility index (Phi) is 6.11. The van der Waals surface area contributed by atoms with Crippen molar-refractivity contribution in [2.75, 3.05) is 5.32 Å². The largest absolute Gasteiger partial charge is 0.867 e. The molecule has 0 radical (unpaired) electrons. The molecule has 1 aromatic heterocycles. The summed E-state index contributed by atoms with van der Waals surface area (Å²) in [4.78, 5) is 0.299. The first-order valence-corrected chi connectivity index (χ1v) is 9.33. The molecule has 0 fully saturated rings. The molecular weight excluding hydrogens is 399 g/mol. The number of pyridine rings is 1. The van der Waals surface area contributed by atoms with Gasteiger partial charge in [-0.05, 0) is 48.1 Å². The van der Waals surface area contributed by atoms with E-state index in [-0.39, 0.29) is 10.8 Å². The number of anilines is 1. The number of hydrogen-bond acceptors (Lipinski definition) is 2. The van der Waals surface area contributed by atoms with Crippen LogP contribution in [0.3, 0.4) is 0 Å². The molecule has 3 rings (SSSR count). The standard InChI is InChI=1S/C21H16Cl2N2OS/c1-14-6-5-7-16(12-14)24-21(27)19(25-10-3-2-4-11-25)20(26)17-9-8-15(22)13-18(17)23/h2-13H,1H3,(H-,24,26,27). The summed E-state index contributed by atoms with van der Waals surface area (Å²) in [7, 11) is 0. The monoisotopic (exact) mass is 414 g/mol. The second kappa shape index (κ2) is 8.53. The lowest BCUT2D eigenvalue weighted by atomic mass is 10.1. The fourth-order valence-electron chi connectivity index (χ4n) is 2.60. The van der Waals surface area contributed by atoms with Crippen molar-refractivity contribution in [3.8, 4) is 0 Å². The average Bonchev–Trinajstić information content (AvgIpc) is 2.62. The van der Waals surface area contributed by atoms with Crippen molar-refractivity contribution < 1.29 is 9.67 Å². The van der Waals surface area contributed by atoms with E-state index in [1.54, 1.807) is 35.2 Å². The molecule has 0 amide bonds. The van der Waals surface area contributed by atoms with Crippen molar-refractivity contribution in [2.24, 2.45) is 0 Å². The van der Waals surface area contributed by atoms with Crippen molar-refractivity contribution in [3.05, 3.63) is 94.2 Å². The fraction of sp³-hybridized carbons (Fsp3) is 0.0476. The normalized spacial score (nSPS) is 11.7. The van der Waals surface area contributed by atoms with Gasteiger partial charge in [-0.3, -0.25) is 0 Å². The Bertz CT molecular complexity index is 1020. The summed E-state index contributed by atoms with van der Waals surface area (Å²) in [6.07, 6.45) is 3.53. The summed E-state index contributed by atoms with van der Waals surface area (Å²) in [5.74, 6) is -0.294. The first kappa shape index (κ1) is 19.4. The number of halogens is 2. The molecular formula is C21H16Cl2N2OS. The van der Waals surface area contributed by atoms with Gasteiger partial charge >= 0.3 is 0 Å². The zero-order valence-electron chi connectivity index (χ0n) is 14.4. The van der Waals surface area contributed by atoms with Crippen LogP contribution in [0.4, 0.5) is 5.69 Å². The highest BCUT2D eigenvalue weighted by Crippen LogP contribution is 2.27. The minimum absolute atomic E-state index is 0.278. The maximum absolute atomic E-state index is 13.3. The molecule has 0 unspecified atom stereocenters. The highest BCUT2D eigenvalue weighted by molar-refractivity contribution is 7.81. The summed E-state index contributed by atoms with van der Waals surface area (Å²) in [5, 5.41) is 17.2. The molecule has 2 aromatic carbocycles. The van der Waals surface area contributed by atoms with E-state index in [0.717, 1.165) is 11.3 Å². The topological polar surface area (TPSA) is 39.0 Å². The van der Waals surface area contributed by atoms with Gasteiger partial charge in [0.25, 0.3) is 0 Å². The van der Waals surface area contributed by atoms with Crippen molar-refractivity contribution >= 4 is 57.6 Å². The van der Waals surface area contributed by atoms with Gasteiger partial charge < -0.3 is 10.4 Å². The minimum atomic E-state index is -0.294. The summed E-state index contributed by atoms with van der Waals surface area (Å²) >= 11 is 17.8. The Hall–Kier alpha value is -2.40. The van der Waals surface area contributed by atoms with E-state index >= 15 is 0 Å². The molecule has 1 N–H and O–H groups in total. The molecule has 0 aliphatic heterocycles. The number of hydrogen-bond donors (Lipinski definition) is 1. The molecule has 0 bridgehead atoms. The zero-order valence-corrected chi connectivity index (χ0v) is 16.8. The van der Waals surface area contributed by atoms with Gasteiger partial charge in [0, 0.05) is 27.9 Å². The van der Waals surface area contributed by atoms with Gasteiger partial charge in [0.15, 0.2) is 17.4 Å². The third-order valence-electron chi connectivity index (χ3n) is 3.86. The van der Waals surface area contributed by atoms with E-state index in [9.17, 15) is 5.11 Å². The van der Waals surface area contributed by atoms with Crippen molar-refractivity contribution in [3.63, 3.8) is 0 Å². The van der Waals surface area contributed by atoms with Crippen LogP contribution in [0.1, 0.15) is 11.1 Å². The van der Waals surface area contributed by atoms with Crippen molar-refractivity contribution in [2.45, 2.75) is 6.92 Å². The lowest BCUT2D eigenvalue weighted by Gasteiger charge is -2.18. The molecule has 1 heterocycles. The molecule has 0 atom stereocenters. The second-order valence-corrected chi connectivity index (χ2v) is 7.16. The highest BCUT2D eigenvalue weighted by Gasteiger charge is 2.19. The molecule has 3 nitrogen and oxygen atoms in total. The van der Waals surface area contributed by atoms with Crippen LogP contribution in [-0.2, 0) is 0 Å². The molecule has 27 heavy (non-hydrogen) atoms. The van der Waals surface area contributed by atoms with E-state index in [0.29, 0.717) is 21.3 Å². The highest BCUT2D eigenvalue weighted by atomic mass is 35.5. The van der Waals surface area contributed by atoms with Crippen LogP contribution in [0, 0.1) is 6.92 Å². The van der Waals surface area contributed by atoms with E-state index < -0.39 is 0 Å². The number of thiocarbonyl (C=S) groups is 1. The molecule has 0 aliphatic carbocycles. The smallest absolute Gasteiger partial charge is 0.238 e. The van der Waals surface area contributed by atoms with Gasteiger partial charge in [-0.1, -0.05) is 59.7 Å². The van der Waals surface area contributed by atoms with Gasteiger partial charge in [-0.15, -0.1) is 0 Å². The predicted molar refractivity (Wildman–Crippen MR) is 114 cm³/mol. The summed E-state index contributed by atoms with van der Waals surface area (Å²) in [5.41, 5.74) is 2.53. The Balaban J connectivity index is 2.09. The van der Waals surface area contributed by atoms with Gasteiger partial charge in [0.1, 0.15) is 0 Å². The van der Waals surface area contributed by atoms with E-state index in [2.05, 4.69) is 5.32 Å². The first-order chi connectivity index (χ1) is 13.0. The maximum Gasteiger partial charge on any atom is 0.238 e. The Morgan fingerprint density at radius 2 is 1.74 bits per heavy atom.